The Balaban J connectivity index is 0.000000578. The second kappa shape index (κ2) is 48.5. The molecule has 0 bridgehead atoms. The predicted molar refractivity (Wildman–Crippen MR) is 464 cm³/mol. The van der Waals surface area contributed by atoms with Gasteiger partial charge in [-0.25, -0.2) is 0 Å². The van der Waals surface area contributed by atoms with Crippen LogP contribution >= 0.6 is 0 Å². The average Bonchev–Trinajstić information content (AvgIpc) is 1.44. The van der Waals surface area contributed by atoms with Crippen LogP contribution in [0.15, 0.2) is 243 Å². The summed E-state index contributed by atoms with van der Waals surface area (Å²) in [5.74, 6) is 0. The average molecular weight is 1340 g/mol. The molecule has 100 heavy (non-hydrogen) atoms. The van der Waals surface area contributed by atoms with E-state index in [1.54, 1.807) is 0 Å². The van der Waals surface area contributed by atoms with Gasteiger partial charge in [-0.2, -0.15) is 0 Å². The van der Waals surface area contributed by atoms with Gasteiger partial charge in [0.2, 0.25) is 0 Å². The lowest BCUT2D eigenvalue weighted by molar-refractivity contribution is 1.01. The summed E-state index contributed by atoms with van der Waals surface area (Å²) < 4.78 is 4.52. The van der Waals surface area contributed by atoms with Gasteiger partial charge in [-0.05, 0) is 205 Å². The van der Waals surface area contributed by atoms with Gasteiger partial charge in [0, 0.05) is 57.7 Å². The molecule has 0 aliphatic carbocycles. The van der Waals surface area contributed by atoms with Crippen molar-refractivity contribution in [2.75, 3.05) is 0 Å². The molecule has 0 aliphatic heterocycles. The van der Waals surface area contributed by atoms with Crippen molar-refractivity contribution < 1.29 is 0 Å². The molecular formula is C98H130N2. The zero-order chi connectivity index (χ0) is 75.6. The highest BCUT2D eigenvalue weighted by atomic mass is 14.9. The Labute approximate surface area is 609 Å². The molecule has 0 radical (unpaired) electrons. The molecule has 15 rings (SSSR count). The molecule has 0 amide bonds. The van der Waals surface area contributed by atoms with Crippen molar-refractivity contribution in [2.45, 2.75) is 194 Å². The first-order valence-corrected chi connectivity index (χ1v) is 37.8. The number of para-hydroxylation sites is 2. The van der Waals surface area contributed by atoms with E-state index in [1.807, 2.05) is 125 Å². The normalized spacial score (nSPS) is 9.50. The molecule has 13 aromatic carbocycles. The fraction of sp³-hybridized carbons (Fsp3) is 0.306. The quantitative estimate of drug-likeness (QED) is 0.106. The van der Waals surface area contributed by atoms with Crippen molar-refractivity contribution >= 4 is 97.5 Å². The number of aromatic nitrogens is 2. The molecule has 0 atom stereocenters. The molecule has 0 unspecified atom stereocenters. The molecule has 0 fully saturated rings. The maximum atomic E-state index is 2.30. The number of nitrogens with zero attached hydrogens (tertiary/aromatic N) is 2. The van der Waals surface area contributed by atoms with Crippen molar-refractivity contribution in [3.05, 3.63) is 298 Å². The van der Waals surface area contributed by atoms with Gasteiger partial charge in [0.25, 0.3) is 0 Å². The van der Waals surface area contributed by atoms with Gasteiger partial charge in [0.05, 0.1) is 0 Å². The fourth-order valence-electron chi connectivity index (χ4n) is 11.6. The number of fused-ring (bicyclic) bond motifs is 12. The van der Waals surface area contributed by atoms with E-state index in [2.05, 4.69) is 335 Å². The Kier molecular flexibility index (Phi) is 43.0. The second-order valence-electron chi connectivity index (χ2n) is 22.5. The largest absolute Gasteiger partial charge is 0.344 e. The van der Waals surface area contributed by atoms with Crippen LogP contribution < -0.4 is 0 Å². The number of benzene rings is 13. The van der Waals surface area contributed by atoms with Crippen LogP contribution in [0.5, 0.6) is 0 Å². The number of hydrogen-bond donors (Lipinski definition) is 0. The molecule has 0 saturated carbocycles. The Morgan fingerprint density at radius 2 is 0.490 bits per heavy atom. The van der Waals surface area contributed by atoms with Gasteiger partial charge in [0.1, 0.15) is 0 Å². The van der Waals surface area contributed by atoms with Crippen LogP contribution in [0.4, 0.5) is 0 Å². The Morgan fingerprint density at radius 1 is 0.160 bits per heavy atom. The van der Waals surface area contributed by atoms with Crippen molar-refractivity contribution in [1.29, 1.82) is 0 Å². The van der Waals surface area contributed by atoms with E-state index in [1.165, 1.54) is 153 Å². The van der Waals surface area contributed by atoms with Crippen LogP contribution in [0.25, 0.3) is 97.5 Å². The van der Waals surface area contributed by atoms with Gasteiger partial charge in [0.15, 0.2) is 0 Å². The summed E-state index contributed by atoms with van der Waals surface area (Å²) in [7, 11) is 4.25. The van der Waals surface area contributed by atoms with Crippen molar-refractivity contribution in [3.63, 3.8) is 0 Å². The lowest BCUT2D eigenvalue weighted by atomic mass is 9.97. The molecular weight excluding hydrogens is 1210 g/mol. The summed E-state index contributed by atoms with van der Waals surface area (Å²) in [6, 6.07) is 86.8. The second-order valence-corrected chi connectivity index (χ2v) is 22.5. The monoisotopic (exact) mass is 1340 g/mol. The third-order valence-corrected chi connectivity index (χ3v) is 16.3. The summed E-state index contributed by atoms with van der Waals surface area (Å²) in [5.41, 5.74) is 18.7. The van der Waals surface area contributed by atoms with Crippen molar-refractivity contribution in [1.82, 2.24) is 9.13 Å². The molecule has 2 aromatic heterocycles. The standard InChI is InChI=1S/2C16H14.2C14H13N.C12H12.C8H10.9C2H6/c1-11-7-8-12(2)16-10-14-6-4-3-5-13(14)9-15(11)16;1-11-7-8-13-10-12(2)14-5-3-4-6-15(14)16(13)9-11;1-10-7-8-14-12(9-10)11-5-3-4-6-13(11)15(14)2;1-10-7-8-12-11-5-3-4-6-13(11)15(2)14(12)9-10;1-9-7-10(2)12-6-4-3-5-11(12)8-9;1-7-5-3-4-6-8(7)2;9*1-2/h2*3-10H,1-2H3;2*3-9H,1-2H3;3-8H,1-2H3;3-6H,1-2H3;9*1-2H3. The van der Waals surface area contributed by atoms with Crippen molar-refractivity contribution in [3.8, 4) is 0 Å². The molecule has 2 heterocycles. The zero-order valence-electron chi connectivity index (χ0n) is 68.0. The molecule has 532 valence electrons. The third kappa shape index (κ3) is 24.0. The molecule has 0 spiro atoms. The number of hydrogen-bond acceptors (Lipinski definition) is 0. The maximum absolute atomic E-state index is 2.30. The van der Waals surface area contributed by atoms with Crippen LogP contribution in [-0.4, -0.2) is 9.13 Å². The molecule has 2 heteroatoms. The number of rotatable bonds is 0. The predicted octanol–water partition coefficient (Wildman–Crippen LogP) is 31.5. The van der Waals surface area contributed by atoms with E-state index >= 15 is 0 Å². The van der Waals surface area contributed by atoms with E-state index < -0.39 is 0 Å². The third-order valence-electron chi connectivity index (χ3n) is 16.3. The van der Waals surface area contributed by atoms with Gasteiger partial charge in [-0.3, -0.25) is 0 Å². The highest BCUT2D eigenvalue weighted by Crippen LogP contribution is 2.32. The highest BCUT2D eigenvalue weighted by Gasteiger charge is 2.09. The lowest BCUT2D eigenvalue weighted by Gasteiger charge is -2.07. The summed E-state index contributed by atoms with van der Waals surface area (Å²) in [4.78, 5) is 0. The molecule has 0 N–H and O–H groups in total. The van der Waals surface area contributed by atoms with Crippen molar-refractivity contribution in [2.24, 2.45) is 14.1 Å². The minimum Gasteiger partial charge on any atom is -0.344 e. The number of aryl methyl sites for hydroxylation is 12. The highest BCUT2D eigenvalue weighted by molar-refractivity contribution is 6.10. The summed E-state index contributed by atoms with van der Waals surface area (Å²) in [6.07, 6.45) is 0. The van der Waals surface area contributed by atoms with Gasteiger partial charge >= 0.3 is 0 Å². The van der Waals surface area contributed by atoms with Crippen LogP contribution in [0, 0.1) is 69.2 Å². The SMILES string of the molecule is CC.CC.CC.CC.CC.CC.CC.CC.CC.Cc1cc(C)c2ccccc2c1.Cc1ccc(C)c2cc3ccccc3cc12.Cc1ccc2c(c1)c1ccccc1n2C.Cc1ccc2c3ccccc3n(C)c2c1.Cc1ccc2cc(C)c3ccccc3c2c1.Cc1ccccc1C. The topological polar surface area (TPSA) is 9.86 Å². The Morgan fingerprint density at radius 3 is 0.980 bits per heavy atom. The van der Waals surface area contributed by atoms with E-state index in [0.29, 0.717) is 0 Å². The first-order valence-electron chi connectivity index (χ1n) is 37.8. The first kappa shape index (κ1) is 88.8. The van der Waals surface area contributed by atoms with E-state index in [-0.39, 0.29) is 0 Å². The molecule has 0 saturated heterocycles. The molecule has 15 aromatic rings. The minimum atomic E-state index is 1.30. The first-order chi connectivity index (χ1) is 48.6. The summed E-state index contributed by atoms with van der Waals surface area (Å²) in [6.45, 7) is 57.5. The Hall–Kier alpha value is -9.24. The van der Waals surface area contributed by atoms with Gasteiger partial charge in [-0.15, -0.1) is 0 Å². The van der Waals surface area contributed by atoms with E-state index in [4.69, 9.17) is 0 Å². The Bertz CT molecular complexity index is 4690. The summed E-state index contributed by atoms with van der Waals surface area (Å²) in [5, 5.41) is 18.9. The molecule has 0 aliphatic rings. The summed E-state index contributed by atoms with van der Waals surface area (Å²) >= 11 is 0. The van der Waals surface area contributed by atoms with Gasteiger partial charge in [-0.1, -0.05) is 342 Å². The minimum absolute atomic E-state index is 1.30. The maximum Gasteiger partial charge on any atom is 0.0491 e. The van der Waals surface area contributed by atoms with E-state index in [0.717, 1.165) is 0 Å². The fourth-order valence-corrected chi connectivity index (χ4v) is 11.6. The van der Waals surface area contributed by atoms with Crippen LogP contribution in [0.1, 0.15) is 180 Å². The van der Waals surface area contributed by atoms with Crippen LogP contribution in [0.3, 0.4) is 0 Å². The van der Waals surface area contributed by atoms with E-state index in [9.17, 15) is 0 Å². The molecule has 2 nitrogen and oxygen atoms in total. The lowest BCUT2D eigenvalue weighted by Crippen LogP contribution is -1.86. The van der Waals surface area contributed by atoms with Crippen LogP contribution in [0.2, 0.25) is 0 Å². The van der Waals surface area contributed by atoms with Gasteiger partial charge < -0.3 is 9.13 Å². The van der Waals surface area contributed by atoms with Crippen LogP contribution in [-0.2, 0) is 14.1 Å². The smallest absolute Gasteiger partial charge is 0.0491 e. The zero-order valence-corrected chi connectivity index (χ0v) is 68.0.